The van der Waals surface area contributed by atoms with Crippen molar-refractivity contribution in [3.63, 3.8) is 0 Å². The summed E-state index contributed by atoms with van der Waals surface area (Å²) in [6.45, 7) is 3.27. The molecule has 0 unspecified atom stereocenters. The molecule has 2 nitrogen and oxygen atoms in total. The fraction of sp³-hybridized carbons (Fsp3) is 0.600. The Bertz CT molecular complexity index is 378. The highest BCUT2D eigenvalue weighted by Gasteiger charge is 2.46. The normalized spacial score (nSPS) is 33.6. The number of hydrogen-bond donors (Lipinski definition) is 1. The van der Waals surface area contributed by atoms with E-state index in [4.69, 9.17) is 0 Å². The van der Waals surface area contributed by atoms with Crippen molar-refractivity contribution in [2.75, 3.05) is 13.1 Å². The number of rotatable bonds is 2. The molecule has 2 heteroatoms. The molecule has 17 heavy (non-hydrogen) atoms. The van der Waals surface area contributed by atoms with Crippen molar-refractivity contribution in [3.8, 4) is 0 Å². The van der Waals surface area contributed by atoms with E-state index in [0.717, 1.165) is 26.1 Å². The molecule has 1 heterocycles. The average molecular weight is 231 g/mol. The maximum Gasteiger partial charge on any atom is 0.0609 e. The van der Waals surface area contributed by atoms with E-state index in [0.29, 0.717) is 0 Å². The van der Waals surface area contributed by atoms with Crippen molar-refractivity contribution in [3.05, 3.63) is 35.9 Å². The summed E-state index contributed by atoms with van der Waals surface area (Å²) < 4.78 is 0. The fourth-order valence-electron chi connectivity index (χ4n) is 3.56. The van der Waals surface area contributed by atoms with Gasteiger partial charge in [-0.05, 0) is 31.4 Å². The zero-order valence-electron chi connectivity index (χ0n) is 10.3. The Balaban J connectivity index is 1.65. The van der Waals surface area contributed by atoms with Crippen LogP contribution in [0.5, 0.6) is 0 Å². The molecule has 0 amide bonds. The summed E-state index contributed by atoms with van der Waals surface area (Å²) in [6.07, 6.45) is 4.57. The van der Waals surface area contributed by atoms with Gasteiger partial charge >= 0.3 is 0 Å². The fourth-order valence-corrected chi connectivity index (χ4v) is 3.56. The van der Waals surface area contributed by atoms with Crippen LogP contribution in [0.4, 0.5) is 0 Å². The van der Waals surface area contributed by atoms with E-state index < -0.39 is 0 Å². The third-order valence-corrected chi connectivity index (χ3v) is 4.57. The van der Waals surface area contributed by atoms with Crippen molar-refractivity contribution in [2.24, 2.45) is 5.41 Å². The van der Waals surface area contributed by atoms with Gasteiger partial charge in [-0.25, -0.2) is 0 Å². The monoisotopic (exact) mass is 231 g/mol. The van der Waals surface area contributed by atoms with E-state index in [-0.39, 0.29) is 11.5 Å². The van der Waals surface area contributed by atoms with Gasteiger partial charge in [0, 0.05) is 18.5 Å². The molecule has 1 saturated carbocycles. The second-order valence-electron chi connectivity index (χ2n) is 5.72. The SMILES string of the molecule is O[C@H]1CCC[C@@]12CCN(Cc1ccccc1)C2. The maximum absolute atomic E-state index is 10.1. The minimum absolute atomic E-state index is 0.0525. The first-order valence-electron chi connectivity index (χ1n) is 6.73. The number of likely N-dealkylation sites (tertiary alicyclic amines) is 1. The van der Waals surface area contributed by atoms with Gasteiger partial charge < -0.3 is 5.11 Å². The van der Waals surface area contributed by atoms with Crippen LogP contribution in [0.25, 0.3) is 0 Å². The highest BCUT2D eigenvalue weighted by Crippen LogP contribution is 2.45. The van der Waals surface area contributed by atoms with Gasteiger partial charge in [0.05, 0.1) is 6.10 Å². The topological polar surface area (TPSA) is 23.5 Å². The van der Waals surface area contributed by atoms with E-state index >= 15 is 0 Å². The molecule has 2 fully saturated rings. The van der Waals surface area contributed by atoms with Crippen molar-refractivity contribution >= 4 is 0 Å². The molecule has 1 spiro atoms. The first-order chi connectivity index (χ1) is 8.28. The molecule has 0 bridgehead atoms. The molecule has 3 rings (SSSR count). The lowest BCUT2D eigenvalue weighted by atomic mass is 9.83. The summed E-state index contributed by atoms with van der Waals surface area (Å²) >= 11 is 0. The van der Waals surface area contributed by atoms with Crippen LogP contribution in [-0.4, -0.2) is 29.2 Å². The van der Waals surface area contributed by atoms with E-state index in [2.05, 4.69) is 35.2 Å². The first kappa shape index (κ1) is 11.2. The summed E-state index contributed by atoms with van der Waals surface area (Å²) in [6, 6.07) is 10.7. The number of hydrogen-bond acceptors (Lipinski definition) is 2. The number of benzene rings is 1. The standard InChI is InChI=1S/C15H21NO/c17-14-7-4-8-15(14)9-10-16(12-15)11-13-5-2-1-3-6-13/h1-3,5-6,14,17H,4,7-12H2/t14-,15-/m0/s1. The Labute approximate surface area is 103 Å². The number of aliphatic hydroxyl groups is 1. The summed E-state index contributed by atoms with van der Waals surface area (Å²) in [5.74, 6) is 0. The van der Waals surface area contributed by atoms with Crippen LogP contribution in [0.2, 0.25) is 0 Å². The van der Waals surface area contributed by atoms with Gasteiger partial charge in [-0.15, -0.1) is 0 Å². The molecule has 1 aromatic rings. The predicted octanol–water partition coefficient (Wildman–Crippen LogP) is 2.42. The molecular weight excluding hydrogens is 210 g/mol. The molecule has 0 aromatic heterocycles. The van der Waals surface area contributed by atoms with Crippen LogP contribution in [0.1, 0.15) is 31.2 Å². The van der Waals surface area contributed by atoms with E-state index in [9.17, 15) is 5.11 Å². The smallest absolute Gasteiger partial charge is 0.0609 e. The molecule has 1 N–H and O–H groups in total. The minimum atomic E-state index is -0.0525. The van der Waals surface area contributed by atoms with Crippen LogP contribution in [-0.2, 0) is 6.54 Å². The van der Waals surface area contributed by atoms with E-state index in [1.165, 1.54) is 24.8 Å². The summed E-state index contributed by atoms with van der Waals surface area (Å²) in [4.78, 5) is 2.50. The second-order valence-corrected chi connectivity index (χ2v) is 5.72. The summed E-state index contributed by atoms with van der Waals surface area (Å²) in [7, 11) is 0. The molecule has 1 saturated heterocycles. The van der Waals surface area contributed by atoms with Crippen LogP contribution in [0.15, 0.2) is 30.3 Å². The van der Waals surface area contributed by atoms with Crippen LogP contribution >= 0.6 is 0 Å². The van der Waals surface area contributed by atoms with Crippen LogP contribution in [0, 0.1) is 5.41 Å². The van der Waals surface area contributed by atoms with Gasteiger partial charge in [-0.3, -0.25) is 4.90 Å². The zero-order chi connectivity index (χ0) is 11.7. The van der Waals surface area contributed by atoms with E-state index in [1.807, 2.05) is 0 Å². The lowest BCUT2D eigenvalue weighted by molar-refractivity contribution is 0.0578. The third-order valence-electron chi connectivity index (χ3n) is 4.57. The molecule has 2 aliphatic rings. The summed E-state index contributed by atoms with van der Waals surface area (Å²) in [5, 5.41) is 10.1. The molecule has 1 aliphatic heterocycles. The Morgan fingerprint density at radius 2 is 2.06 bits per heavy atom. The van der Waals surface area contributed by atoms with Gasteiger partial charge in [0.2, 0.25) is 0 Å². The van der Waals surface area contributed by atoms with Gasteiger partial charge in [-0.2, -0.15) is 0 Å². The van der Waals surface area contributed by atoms with Crippen LogP contribution in [0.3, 0.4) is 0 Å². The molecule has 2 atom stereocenters. The number of aliphatic hydroxyl groups excluding tert-OH is 1. The van der Waals surface area contributed by atoms with Gasteiger partial charge in [0.15, 0.2) is 0 Å². The molecule has 1 aromatic carbocycles. The molecule has 92 valence electrons. The van der Waals surface area contributed by atoms with Gasteiger partial charge in [0.1, 0.15) is 0 Å². The Morgan fingerprint density at radius 1 is 1.24 bits per heavy atom. The lowest BCUT2D eigenvalue weighted by Gasteiger charge is -2.27. The molecule has 1 aliphatic carbocycles. The van der Waals surface area contributed by atoms with E-state index in [1.54, 1.807) is 0 Å². The lowest BCUT2D eigenvalue weighted by Crippen LogP contribution is -2.33. The first-order valence-corrected chi connectivity index (χ1v) is 6.73. The molecule has 0 radical (unpaired) electrons. The predicted molar refractivity (Wildman–Crippen MR) is 68.6 cm³/mol. The van der Waals surface area contributed by atoms with Gasteiger partial charge in [0.25, 0.3) is 0 Å². The minimum Gasteiger partial charge on any atom is -0.392 e. The van der Waals surface area contributed by atoms with Crippen molar-refractivity contribution in [2.45, 2.75) is 38.3 Å². The second kappa shape index (κ2) is 4.43. The largest absolute Gasteiger partial charge is 0.392 e. The Morgan fingerprint density at radius 3 is 2.76 bits per heavy atom. The van der Waals surface area contributed by atoms with Crippen molar-refractivity contribution < 1.29 is 5.11 Å². The average Bonchev–Trinajstić information content (AvgIpc) is 2.90. The zero-order valence-corrected chi connectivity index (χ0v) is 10.3. The third kappa shape index (κ3) is 2.12. The Kier molecular flexibility index (Phi) is 2.93. The quantitative estimate of drug-likeness (QED) is 0.845. The van der Waals surface area contributed by atoms with Crippen LogP contribution < -0.4 is 0 Å². The number of nitrogens with zero attached hydrogens (tertiary/aromatic N) is 1. The van der Waals surface area contributed by atoms with Crippen molar-refractivity contribution in [1.82, 2.24) is 4.90 Å². The van der Waals surface area contributed by atoms with Gasteiger partial charge in [-0.1, -0.05) is 36.8 Å². The van der Waals surface area contributed by atoms with Crippen molar-refractivity contribution in [1.29, 1.82) is 0 Å². The maximum atomic E-state index is 10.1. The summed E-state index contributed by atoms with van der Waals surface area (Å²) in [5.41, 5.74) is 1.62. The molecular formula is C15H21NO. The Hall–Kier alpha value is -0.860. The highest BCUT2D eigenvalue weighted by atomic mass is 16.3. The highest BCUT2D eigenvalue weighted by molar-refractivity contribution is 5.15.